The van der Waals surface area contributed by atoms with Crippen molar-refractivity contribution in [1.29, 1.82) is 0 Å². The van der Waals surface area contributed by atoms with Gasteiger partial charge in [-0.1, -0.05) is 78.3 Å². The molecule has 1 N–H and O–H groups in total. The molecule has 4 rings (SSSR count). The summed E-state index contributed by atoms with van der Waals surface area (Å²) in [6.45, 7) is -0.977. The van der Waals surface area contributed by atoms with Crippen LogP contribution in [0.2, 0.25) is 5.02 Å². The highest BCUT2D eigenvalue weighted by Gasteiger charge is 2.34. The molecule has 1 atom stereocenters. The highest BCUT2D eigenvalue weighted by molar-refractivity contribution is 7.92. The molecular formula is C32H31ClFN3O5S. The van der Waals surface area contributed by atoms with Crippen LogP contribution in [-0.2, 0) is 32.6 Å². The van der Waals surface area contributed by atoms with Crippen molar-refractivity contribution < 1.29 is 27.1 Å². The first-order valence-electron chi connectivity index (χ1n) is 13.4. The Morgan fingerprint density at radius 3 is 2.16 bits per heavy atom. The van der Waals surface area contributed by atoms with E-state index in [-0.39, 0.29) is 34.1 Å². The predicted molar refractivity (Wildman–Crippen MR) is 164 cm³/mol. The first-order valence-corrected chi connectivity index (χ1v) is 15.2. The molecule has 0 spiro atoms. The Bertz CT molecular complexity index is 1670. The molecule has 0 aliphatic carbocycles. The van der Waals surface area contributed by atoms with Crippen molar-refractivity contribution in [2.45, 2.75) is 23.9 Å². The van der Waals surface area contributed by atoms with Crippen LogP contribution < -0.4 is 14.4 Å². The number of anilines is 1. The van der Waals surface area contributed by atoms with Crippen molar-refractivity contribution >= 4 is 39.1 Å². The van der Waals surface area contributed by atoms with Gasteiger partial charge >= 0.3 is 0 Å². The molecule has 43 heavy (non-hydrogen) atoms. The average molecular weight is 624 g/mol. The van der Waals surface area contributed by atoms with Crippen molar-refractivity contribution in [3.05, 3.63) is 125 Å². The highest BCUT2D eigenvalue weighted by atomic mass is 35.5. The van der Waals surface area contributed by atoms with Gasteiger partial charge in [0.25, 0.3) is 10.0 Å². The summed E-state index contributed by atoms with van der Waals surface area (Å²) in [5.41, 5.74) is 1.04. The fourth-order valence-corrected chi connectivity index (χ4v) is 6.27. The zero-order valence-corrected chi connectivity index (χ0v) is 25.2. The third-order valence-corrected chi connectivity index (χ3v) is 8.93. The number of hydrogen-bond acceptors (Lipinski definition) is 5. The van der Waals surface area contributed by atoms with E-state index in [1.54, 1.807) is 36.4 Å². The molecule has 0 aliphatic heterocycles. The number of amides is 2. The summed E-state index contributed by atoms with van der Waals surface area (Å²) in [4.78, 5) is 28.7. The van der Waals surface area contributed by atoms with E-state index in [1.165, 1.54) is 67.6 Å². The number of carbonyl (C=O) groups excluding carboxylic acids is 2. The monoisotopic (exact) mass is 623 g/mol. The normalized spacial score (nSPS) is 11.8. The molecule has 0 saturated heterocycles. The Balaban J connectivity index is 1.81. The number of benzene rings is 4. The number of nitrogens with zero attached hydrogens (tertiary/aromatic N) is 2. The number of rotatable bonds is 12. The van der Waals surface area contributed by atoms with Crippen molar-refractivity contribution in [2.75, 3.05) is 25.0 Å². The first kappa shape index (κ1) is 31.5. The van der Waals surface area contributed by atoms with Gasteiger partial charge in [-0.05, 0) is 42.0 Å². The van der Waals surface area contributed by atoms with Crippen LogP contribution in [0.5, 0.6) is 5.75 Å². The van der Waals surface area contributed by atoms with E-state index >= 15 is 0 Å². The molecule has 1 unspecified atom stereocenters. The number of hydrogen-bond donors (Lipinski definition) is 1. The van der Waals surface area contributed by atoms with E-state index in [4.69, 9.17) is 16.3 Å². The largest absolute Gasteiger partial charge is 0.495 e. The Morgan fingerprint density at radius 1 is 0.930 bits per heavy atom. The van der Waals surface area contributed by atoms with E-state index in [9.17, 15) is 22.4 Å². The average Bonchev–Trinajstić information content (AvgIpc) is 3.02. The molecule has 2 amide bonds. The maximum Gasteiger partial charge on any atom is 0.264 e. The van der Waals surface area contributed by atoms with Gasteiger partial charge in [0.05, 0.1) is 22.7 Å². The fraction of sp³-hybridized carbons (Fsp3) is 0.188. The van der Waals surface area contributed by atoms with Crippen LogP contribution >= 0.6 is 11.6 Å². The molecular weight excluding hydrogens is 593 g/mol. The van der Waals surface area contributed by atoms with Gasteiger partial charge in [0.2, 0.25) is 11.8 Å². The van der Waals surface area contributed by atoms with Gasteiger partial charge in [-0.25, -0.2) is 12.8 Å². The van der Waals surface area contributed by atoms with Gasteiger partial charge in [-0.2, -0.15) is 0 Å². The lowest BCUT2D eigenvalue weighted by Crippen LogP contribution is -2.53. The number of methoxy groups -OCH3 is 1. The van der Waals surface area contributed by atoms with Crippen LogP contribution in [0.4, 0.5) is 10.1 Å². The Kier molecular flexibility index (Phi) is 10.4. The maximum atomic E-state index is 14.9. The molecule has 4 aromatic carbocycles. The smallest absolute Gasteiger partial charge is 0.264 e. The number of nitrogens with one attached hydrogen (secondary N) is 1. The summed E-state index contributed by atoms with van der Waals surface area (Å²) in [6.07, 6.45) is 0.112. The number of likely N-dealkylation sites (N-methyl/N-ethyl adjacent to an activating group) is 1. The quantitative estimate of drug-likeness (QED) is 0.238. The minimum Gasteiger partial charge on any atom is -0.495 e. The van der Waals surface area contributed by atoms with E-state index in [0.29, 0.717) is 5.75 Å². The van der Waals surface area contributed by atoms with Crippen LogP contribution in [0.15, 0.2) is 108 Å². The summed E-state index contributed by atoms with van der Waals surface area (Å²) < 4.78 is 48.9. The number of ether oxygens (including phenoxy) is 1. The molecule has 0 fully saturated rings. The molecule has 0 radical (unpaired) electrons. The molecule has 0 bridgehead atoms. The lowest BCUT2D eigenvalue weighted by molar-refractivity contribution is -0.139. The summed E-state index contributed by atoms with van der Waals surface area (Å²) in [6, 6.07) is 25.9. The third kappa shape index (κ3) is 7.52. The van der Waals surface area contributed by atoms with Gasteiger partial charge < -0.3 is 15.0 Å². The minimum absolute atomic E-state index is 0.0532. The summed E-state index contributed by atoms with van der Waals surface area (Å²) in [7, 11) is -1.43. The number of sulfonamides is 1. The standard InChI is InChI=1S/C32H31ClFN3O5S/c1-35-32(39)29(19-23-11-5-3-6-12-23)36(21-24-13-9-10-16-28(24)34)31(38)22-37(25-17-18-30(42-2)27(33)20-25)43(40,41)26-14-7-4-8-15-26/h3-18,20,29H,19,21-22H2,1-2H3,(H,35,39). The summed E-state index contributed by atoms with van der Waals surface area (Å²) in [5.74, 6) is -1.46. The van der Waals surface area contributed by atoms with Gasteiger partial charge in [-0.15, -0.1) is 0 Å². The van der Waals surface area contributed by atoms with Crippen LogP contribution in [-0.4, -0.2) is 51.9 Å². The van der Waals surface area contributed by atoms with Crippen LogP contribution in [0.3, 0.4) is 0 Å². The van der Waals surface area contributed by atoms with E-state index in [0.717, 1.165) is 9.87 Å². The Labute approximate surface area is 255 Å². The number of carbonyl (C=O) groups is 2. The lowest BCUT2D eigenvalue weighted by atomic mass is 10.0. The van der Waals surface area contributed by atoms with Gasteiger partial charge in [0.1, 0.15) is 24.2 Å². The topological polar surface area (TPSA) is 96.0 Å². The van der Waals surface area contributed by atoms with Crippen molar-refractivity contribution in [3.8, 4) is 5.75 Å². The molecule has 11 heteroatoms. The summed E-state index contributed by atoms with van der Waals surface area (Å²) in [5, 5.41) is 2.73. The Morgan fingerprint density at radius 2 is 1.56 bits per heavy atom. The highest BCUT2D eigenvalue weighted by Crippen LogP contribution is 2.32. The van der Waals surface area contributed by atoms with E-state index in [2.05, 4.69) is 5.32 Å². The predicted octanol–water partition coefficient (Wildman–Crippen LogP) is 5.07. The third-order valence-electron chi connectivity index (χ3n) is 6.85. The zero-order chi connectivity index (χ0) is 31.0. The van der Waals surface area contributed by atoms with Crippen LogP contribution in [0.1, 0.15) is 11.1 Å². The molecule has 0 heterocycles. The Hall–Kier alpha value is -4.41. The fourth-order valence-electron chi connectivity index (χ4n) is 4.59. The zero-order valence-electron chi connectivity index (χ0n) is 23.6. The van der Waals surface area contributed by atoms with Crippen LogP contribution in [0.25, 0.3) is 0 Å². The molecule has 224 valence electrons. The van der Waals surface area contributed by atoms with E-state index in [1.807, 2.05) is 18.2 Å². The lowest BCUT2D eigenvalue weighted by Gasteiger charge is -2.33. The van der Waals surface area contributed by atoms with Gasteiger partial charge in [0, 0.05) is 25.6 Å². The number of halogens is 2. The second-order valence-electron chi connectivity index (χ2n) is 9.58. The molecule has 0 aromatic heterocycles. The second-order valence-corrected chi connectivity index (χ2v) is 11.8. The van der Waals surface area contributed by atoms with E-state index < -0.39 is 40.2 Å². The molecule has 8 nitrogen and oxygen atoms in total. The van der Waals surface area contributed by atoms with Crippen molar-refractivity contribution in [3.63, 3.8) is 0 Å². The van der Waals surface area contributed by atoms with Gasteiger partial charge in [-0.3, -0.25) is 13.9 Å². The maximum absolute atomic E-state index is 14.9. The minimum atomic E-state index is -4.30. The van der Waals surface area contributed by atoms with Crippen molar-refractivity contribution in [2.24, 2.45) is 0 Å². The SMILES string of the molecule is CNC(=O)C(Cc1ccccc1)N(Cc1ccccc1F)C(=O)CN(c1ccc(OC)c(Cl)c1)S(=O)(=O)c1ccccc1. The molecule has 4 aromatic rings. The van der Waals surface area contributed by atoms with Crippen LogP contribution in [0, 0.1) is 5.82 Å². The molecule has 0 saturated carbocycles. The van der Waals surface area contributed by atoms with Crippen molar-refractivity contribution in [1.82, 2.24) is 10.2 Å². The molecule has 0 aliphatic rings. The second kappa shape index (κ2) is 14.2. The first-order chi connectivity index (χ1) is 20.6. The van der Waals surface area contributed by atoms with Gasteiger partial charge in [0.15, 0.2) is 0 Å². The summed E-state index contributed by atoms with van der Waals surface area (Å²) >= 11 is 6.36.